The second-order valence-electron chi connectivity index (χ2n) is 2.41. The zero-order chi connectivity index (χ0) is 9.78. The highest BCUT2D eigenvalue weighted by Gasteiger charge is 1.72. The van der Waals surface area contributed by atoms with Crippen LogP contribution in [0.3, 0.4) is 0 Å². The molecule has 0 fully saturated rings. The number of rotatable bonds is 0. The predicted molar refractivity (Wildman–Crippen MR) is 60.7 cm³/mol. The van der Waals surface area contributed by atoms with Crippen molar-refractivity contribution in [1.82, 2.24) is 0 Å². The van der Waals surface area contributed by atoms with Crippen molar-refractivity contribution in [3.05, 3.63) is 48.6 Å². The minimum absolute atomic E-state index is 0. The molecule has 0 heterocycles. The summed E-state index contributed by atoms with van der Waals surface area (Å²) in [6.45, 7) is 1.43. The molecule has 2 rings (SSSR count). The SMILES string of the molecule is C1=CCC=C1.C1=CCC=C1.CC#N.O. The zero-order valence-electron chi connectivity index (χ0n) is 8.48. The maximum Gasteiger partial charge on any atom is 0.0587 e. The lowest BCUT2D eigenvalue weighted by atomic mass is 10.5. The van der Waals surface area contributed by atoms with Crippen molar-refractivity contribution >= 4 is 0 Å². The Morgan fingerprint density at radius 2 is 1.07 bits per heavy atom. The molecule has 14 heavy (non-hydrogen) atoms. The van der Waals surface area contributed by atoms with E-state index in [1.54, 1.807) is 6.07 Å². The van der Waals surface area contributed by atoms with E-state index < -0.39 is 0 Å². The minimum atomic E-state index is 0. The van der Waals surface area contributed by atoms with E-state index in [1.807, 2.05) is 0 Å². The molecule has 2 heteroatoms. The zero-order valence-corrected chi connectivity index (χ0v) is 8.48. The third-order valence-corrected chi connectivity index (χ3v) is 1.31. The summed E-state index contributed by atoms with van der Waals surface area (Å²) in [4.78, 5) is 0. The molecule has 0 bridgehead atoms. The van der Waals surface area contributed by atoms with Gasteiger partial charge in [-0.3, -0.25) is 0 Å². The molecule has 2 nitrogen and oxygen atoms in total. The number of nitrogens with zero attached hydrogens (tertiary/aromatic N) is 1. The molecule has 0 atom stereocenters. The Morgan fingerprint density at radius 1 is 0.857 bits per heavy atom. The van der Waals surface area contributed by atoms with Gasteiger partial charge in [-0.15, -0.1) is 0 Å². The lowest BCUT2D eigenvalue weighted by molar-refractivity contribution is 0.824. The maximum atomic E-state index is 7.32. The van der Waals surface area contributed by atoms with Crippen LogP contribution < -0.4 is 0 Å². The predicted octanol–water partition coefficient (Wildman–Crippen LogP) is 2.71. The van der Waals surface area contributed by atoms with Crippen molar-refractivity contribution in [3.8, 4) is 6.07 Å². The van der Waals surface area contributed by atoms with E-state index in [9.17, 15) is 0 Å². The molecule has 0 saturated carbocycles. The van der Waals surface area contributed by atoms with Gasteiger partial charge in [0, 0.05) is 6.92 Å². The van der Waals surface area contributed by atoms with Crippen LogP contribution in [-0.4, -0.2) is 5.48 Å². The van der Waals surface area contributed by atoms with Crippen molar-refractivity contribution in [2.24, 2.45) is 0 Å². The van der Waals surface area contributed by atoms with E-state index in [0.717, 1.165) is 12.8 Å². The number of hydrogen-bond acceptors (Lipinski definition) is 1. The van der Waals surface area contributed by atoms with E-state index in [0.29, 0.717) is 0 Å². The molecule has 0 aromatic rings. The van der Waals surface area contributed by atoms with Crippen LogP contribution in [0.4, 0.5) is 0 Å². The average molecular weight is 191 g/mol. The van der Waals surface area contributed by atoms with Gasteiger partial charge in [-0.25, -0.2) is 0 Å². The van der Waals surface area contributed by atoms with Gasteiger partial charge in [-0.1, -0.05) is 48.6 Å². The van der Waals surface area contributed by atoms with E-state index in [1.165, 1.54) is 6.92 Å². The van der Waals surface area contributed by atoms with Crippen molar-refractivity contribution < 1.29 is 5.48 Å². The fourth-order valence-corrected chi connectivity index (χ4v) is 0.786. The lowest BCUT2D eigenvalue weighted by Crippen LogP contribution is -1.37. The molecular weight excluding hydrogens is 174 g/mol. The molecule has 0 unspecified atom stereocenters. The van der Waals surface area contributed by atoms with Crippen molar-refractivity contribution in [2.75, 3.05) is 0 Å². The van der Waals surface area contributed by atoms with Gasteiger partial charge in [0.05, 0.1) is 6.07 Å². The van der Waals surface area contributed by atoms with Crippen LogP contribution in [0.25, 0.3) is 0 Å². The van der Waals surface area contributed by atoms with Crippen LogP contribution in [0.5, 0.6) is 0 Å². The van der Waals surface area contributed by atoms with E-state index in [2.05, 4.69) is 48.6 Å². The van der Waals surface area contributed by atoms with E-state index in [-0.39, 0.29) is 5.48 Å². The summed E-state index contributed by atoms with van der Waals surface area (Å²) >= 11 is 0. The number of allylic oxidation sites excluding steroid dienone is 8. The third-order valence-electron chi connectivity index (χ3n) is 1.31. The molecule has 0 saturated heterocycles. The van der Waals surface area contributed by atoms with Crippen LogP contribution in [0.2, 0.25) is 0 Å². The molecular formula is C12H17NO. The average Bonchev–Trinajstić information content (AvgIpc) is 2.85. The summed E-state index contributed by atoms with van der Waals surface area (Å²) in [5.74, 6) is 0. The molecule has 0 radical (unpaired) electrons. The standard InChI is InChI=1S/2C5H6.C2H3N.H2O/c2*1-2-4-5-3-1;1-2-3;/h2*1-4H,5H2;1H3;1H2. The highest BCUT2D eigenvalue weighted by atomic mass is 16.0. The molecule has 0 aromatic carbocycles. The highest BCUT2D eigenvalue weighted by molar-refractivity contribution is 5.12. The highest BCUT2D eigenvalue weighted by Crippen LogP contribution is 1.93. The molecule has 2 N–H and O–H groups in total. The first-order chi connectivity index (χ1) is 6.41. The van der Waals surface area contributed by atoms with Gasteiger partial charge in [0.25, 0.3) is 0 Å². The molecule has 0 aliphatic heterocycles. The summed E-state index contributed by atoms with van der Waals surface area (Å²) in [5, 5.41) is 7.32. The van der Waals surface area contributed by atoms with E-state index in [4.69, 9.17) is 5.26 Å². The molecule has 76 valence electrons. The Bertz CT molecular complexity index is 212. The Morgan fingerprint density at radius 3 is 1.14 bits per heavy atom. The van der Waals surface area contributed by atoms with Crippen LogP contribution in [0.1, 0.15) is 19.8 Å². The Labute approximate surface area is 85.9 Å². The van der Waals surface area contributed by atoms with E-state index >= 15 is 0 Å². The molecule has 0 spiro atoms. The smallest absolute Gasteiger partial charge is 0.0587 e. The van der Waals surface area contributed by atoms with Gasteiger partial charge >= 0.3 is 0 Å². The maximum absolute atomic E-state index is 7.32. The van der Waals surface area contributed by atoms with Gasteiger partial charge in [-0.05, 0) is 12.8 Å². The monoisotopic (exact) mass is 191 g/mol. The van der Waals surface area contributed by atoms with Crippen molar-refractivity contribution in [2.45, 2.75) is 19.8 Å². The normalized spacial score (nSPS) is 13.1. The van der Waals surface area contributed by atoms with Crippen molar-refractivity contribution in [3.63, 3.8) is 0 Å². The summed E-state index contributed by atoms with van der Waals surface area (Å²) in [6, 6.07) is 1.75. The molecule has 2 aliphatic carbocycles. The second kappa shape index (κ2) is 14.0. The topological polar surface area (TPSA) is 55.3 Å². The third kappa shape index (κ3) is 13.0. The Hall–Kier alpha value is -1.59. The Kier molecular flexibility index (Phi) is 14.9. The van der Waals surface area contributed by atoms with Crippen LogP contribution in [-0.2, 0) is 0 Å². The van der Waals surface area contributed by atoms with Gasteiger partial charge < -0.3 is 5.48 Å². The summed E-state index contributed by atoms with van der Waals surface area (Å²) in [7, 11) is 0. The van der Waals surface area contributed by atoms with Crippen LogP contribution >= 0.6 is 0 Å². The molecule has 0 amide bonds. The summed E-state index contributed by atoms with van der Waals surface area (Å²) < 4.78 is 0. The van der Waals surface area contributed by atoms with Gasteiger partial charge in [0.1, 0.15) is 0 Å². The van der Waals surface area contributed by atoms with Gasteiger partial charge in [0.15, 0.2) is 0 Å². The van der Waals surface area contributed by atoms with Crippen LogP contribution in [0.15, 0.2) is 48.6 Å². The summed E-state index contributed by atoms with van der Waals surface area (Å²) in [6.07, 6.45) is 19.0. The molecule has 2 aliphatic rings. The first-order valence-corrected chi connectivity index (χ1v) is 4.36. The first kappa shape index (κ1) is 14.9. The first-order valence-electron chi connectivity index (χ1n) is 4.36. The Balaban J connectivity index is 0. The summed E-state index contributed by atoms with van der Waals surface area (Å²) in [5.41, 5.74) is 0. The second-order valence-corrected chi connectivity index (χ2v) is 2.41. The van der Waals surface area contributed by atoms with Gasteiger partial charge in [0.2, 0.25) is 0 Å². The quantitative estimate of drug-likeness (QED) is 0.580. The van der Waals surface area contributed by atoms with Crippen LogP contribution in [0, 0.1) is 11.3 Å². The lowest BCUT2D eigenvalue weighted by Gasteiger charge is -1.57. The fraction of sp³-hybridized carbons (Fsp3) is 0.250. The van der Waals surface area contributed by atoms with Crippen molar-refractivity contribution in [1.29, 1.82) is 5.26 Å². The number of hydrogen-bond donors (Lipinski definition) is 0. The molecule has 0 aromatic heterocycles. The number of nitriles is 1. The largest absolute Gasteiger partial charge is 0.412 e. The fourth-order valence-electron chi connectivity index (χ4n) is 0.786. The minimum Gasteiger partial charge on any atom is -0.412 e. The van der Waals surface area contributed by atoms with Gasteiger partial charge in [-0.2, -0.15) is 5.26 Å².